The lowest BCUT2D eigenvalue weighted by Gasteiger charge is -1.99. The molecule has 76 valence electrons. The fourth-order valence-electron chi connectivity index (χ4n) is 1.17. The highest BCUT2D eigenvalue weighted by molar-refractivity contribution is 5.46. The minimum absolute atomic E-state index is 0.209. The highest BCUT2D eigenvalue weighted by Gasteiger charge is 2.08. The molecule has 1 aromatic heterocycles. The molecule has 0 aromatic carbocycles. The molecule has 0 atom stereocenters. The summed E-state index contributed by atoms with van der Waals surface area (Å²) in [5.74, 6) is 0. The number of nitrogens with zero attached hydrogens (tertiary/aromatic N) is 3. The van der Waals surface area contributed by atoms with Crippen LogP contribution in [-0.4, -0.2) is 14.5 Å². The molecule has 5 nitrogen and oxygen atoms in total. The van der Waals surface area contributed by atoms with E-state index in [4.69, 9.17) is 0 Å². The lowest BCUT2D eigenvalue weighted by atomic mass is 10.3. The fourth-order valence-corrected chi connectivity index (χ4v) is 1.17. The van der Waals surface area contributed by atoms with Crippen LogP contribution in [0.4, 0.5) is 0 Å². The Morgan fingerprint density at radius 1 is 1.71 bits per heavy atom. The maximum absolute atomic E-state index is 10.6. The molecule has 0 aliphatic rings. The molecular formula is C9H13N3O2. The summed E-state index contributed by atoms with van der Waals surface area (Å²) in [6.07, 6.45) is 5.28. The first kappa shape index (κ1) is 10.4. The number of allylic oxidation sites excluding steroid dienone is 1. The van der Waals surface area contributed by atoms with Crippen molar-refractivity contribution in [3.63, 3.8) is 0 Å². The molecule has 14 heavy (non-hydrogen) atoms. The maximum atomic E-state index is 10.6. The van der Waals surface area contributed by atoms with E-state index in [1.165, 1.54) is 0 Å². The Hall–Kier alpha value is -1.65. The van der Waals surface area contributed by atoms with Crippen LogP contribution in [0.25, 0.3) is 6.08 Å². The molecule has 1 heterocycles. The van der Waals surface area contributed by atoms with Gasteiger partial charge in [-0.3, -0.25) is 10.1 Å². The fraction of sp³-hybridized carbons (Fsp3) is 0.444. The highest BCUT2D eigenvalue weighted by Crippen LogP contribution is 2.09. The Bertz CT molecular complexity index is 355. The molecule has 0 unspecified atom stereocenters. The van der Waals surface area contributed by atoms with Gasteiger partial charge in [-0.1, -0.05) is 6.92 Å². The first-order chi connectivity index (χ1) is 6.69. The number of rotatable bonds is 4. The summed E-state index contributed by atoms with van der Waals surface area (Å²) in [6.45, 7) is 4.50. The van der Waals surface area contributed by atoms with Crippen molar-refractivity contribution in [3.8, 4) is 0 Å². The van der Waals surface area contributed by atoms with Crippen molar-refractivity contribution in [2.24, 2.45) is 0 Å². The molecule has 0 saturated heterocycles. The second-order valence-corrected chi connectivity index (χ2v) is 2.85. The Morgan fingerprint density at radius 2 is 2.43 bits per heavy atom. The standard InChI is InChI=1S/C9H13N3O2/c1-3-8(12(13)14)5-9-6-10-7-11(9)4-2/h5-7H,3-4H2,1-2H3. The van der Waals surface area contributed by atoms with Crippen molar-refractivity contribution in [1.29, 1.82) is 0 Å². The topological polar surface area (TPSA) is 61.0 Å². The van der Waals surface area contributed by atoms with E-state index in [0.717, 1.165) is 12.2 Å². The van der Waals surface area contributed by atoms with E-state index in [0.29, 0.717) is 6.42 Å². The summed E-state index contributed by atoms with van der Waals surface area (Å²) in [5, 5.41) is 10.6. The number of aryl methyl sites for hydroxylation is 1. The van der Waals surface area contributed by atoms with Crippen molar-refractivity contribution in [1.82, 2.24) is 9.55 Å². The molecule has 0 spiro atoms. The van der Waals surface area contributed by atoms with Gasteiger partial charge in [0.1, 0.15) is 0 Å². The predicted octanol–water partition coefficient (Wildman–Crippen LogP) is 1.93. The number of imidazole rings is 1. The van der Waals surface area contributed by atoms with E-state index in [1.807, 2.05) is 11.5 Å². The largest absolute Gasteiger partial charge is 0.331 e. The summed E-state index contributed by atoms with van der Waals surface area (Å²) in [4.78, 5) is 14.1. The van der Waals surface area contributed by atoms with Crippen molar-refractivity contribution in [2.45, 2.75) is 26.8 Å². The second kappa shape index (κ2) is 4.55. The van der Waals surface area contributed by atoms with Gasteiger partial charge in [-0.25, -0.2) is 4.98 Å². The third kappa shape index (κ3) is 2.18. The third-order valence-electron chi connectivity index (χ3n) is 2.00. The van der Waals surface area contributed by atoms with Crippen LogP contribution in [0.15, 0.2) is 18.2 Å². The lowest BCUT2D eigenvalue weighted by Crippen LogP contribution is -1.99. The van der Waals surface area contributed by atoms with Gasteiger partial charge >= 0.3 is 0 Å². The van der Waals surface area contributed by atoms with Gasteiger partial charge in [0.25, 0.3) is 0 Å². The van der Waals surface area contributed by atoms with E-state index < -0.39 is 0 Å². The average molecular weight is 195 g/mol. The Labute approximate surface area is 82.2 Å². The summed E-state index contributed by atoms with van der Waals surface area (Å²) in [7, 11) is 0. The van der Waals surface area contributed by atoms with E-state index in [2.05, 4.69) is 4.98 Å². The molecule has 0 fully saturated rings. The first-order valence-electron chi connectivity index (χ1n) is 4.54. The molecule has 0 aliphatic carbocycles. The normalized spacial score (nSPS) is 11.7. The number of aromatic nitrogens is 2. The Morgan fingerprint density at radius 3 is 2.93 bits per heavy atom. The molecule has 0 saturated carbocycles. The summed E-state index contributed by atoms with van der Waals surface area (Å²) >= 11 is 0. The summed E-state index contributed by atoms with van der Waals surface area (Å²) in [6, 6.07) is 0. The van der Waals surface area contributed by atoms with Gasteiger partial charge < -0.3 is 4.57 Å². The highest BCUT2D eigenvalue weighted by atomic mass is 16.6. The van der Waals surface area contributed by atoms with Crippen molar-refractivity contribution >= 4 is 6.08 Å². The number of hydrogen-bond acceptors (Lipinski definition) is 3. The Kier molecular flexibility index (Phi) is 3.39. The molecular weight excluding hydrogens is 182 g/mol. The predicted molar refractivity (Wildman–Crippen MR) is 53.2 cm³/mol. The zero-order valence-electron chi connectivity index (χ0n) is 8.30. The van der Waals surface area contributed by atoms with Crippen LogP contribution in [0.3, 0.4) is 0 Å². The quantitative estimate of drug-likeness (QED) is 0.544. The molecule has 1 aromatic rings. The average Bonchev–Trinajstić information content (AvgIpc) is 2.60. The number of hydrogen-bond donors (Lipinski definition) is 0. The van der Waals surface area contributed by atoms with Gasteiger partial charge in [-0.05, 0) is 6.92 Å². The van der Waals surface area contributed by atoms with Gasteiger partial charge in [0.15, 0.2) is 0 Å². The van der Waals surface area contributed by atoms with Gasteiger partial charge in [-0.15, -0.1) is 0 Å². The monoisotopic (exact) mass is 195 g/mol. The van der Waals surface area contributed by atoms with Crippen molar-refractivity contribution in [3.05, 3.63) is 34.0 Å². The van der Waals surface area contributed by atoms with Gasteiger partial charge in [0.2, 0.25) is 5.70 Å². The zero-order chi connectivity index (χ0) is 10.6. The SMILES string of the molecule is CCC(=Cc1cncn1CC)[N+](=O)[O-]. The molecule has 0 radical (unpaired) electrons. The van der Waals surface area contributed by atoms with Crippen LogP contribution in [0.5, 0.6) is 0 Å². The first-order valence-corrected chi connectivity index (χ1v) is 4.54. The van der Waals surface area contributed by atoms with Gasteiger partial charge in [-0.2, -0.15) is 0 Å². The van der Waals surface area contributed by atoms with Crippen molar-refractivity contribution in [2.75, 3.05) is 0 Å². The lowest BCUT2D eigenvalue weighted by molar-refractivity contribution is -0.425. The molecule has 0 amide bonds. The van der Waals surface area contributed by atoms with E-state index >= 15 is 0 Å². The smallest absolute Gasteiger partial charge is 0.248 e. The van der Waals surface area contributed by atoms with E-state index in [-0.39, 0.29) is 10.6 Å². The third-order valence-corrected chi connectivity index (χ3v) is 2.00. The summed E-state index contributed by atoms with van der Waals surface area (Å²) in [5.41, 5.74) is 0.987. The molecule has 0 aliphatic heterocycles. The van der Waals surface area contributed by atoms with E-state index in [1.54, 1.807) is 25.5 Å². The number of nitro groups is 1. The van der Waals surface area contributed by atoms with Crippen LogP contribution in [0.1, 0.15) is 26.0 Å². The minimum Gasteiger partial charge on any atom is -0.331 e. The van der Waals surface area contributed by atoms with Crippen LogP contribution in [0.2, 0.25) is 0 Å². The maximum Gasteiger partial charge on any atom is 0.248 e. The van der Waals surface area contributed by atoms with Gasteiger partial charge in [0.05, 0.1) is 23.1 Å². The van der Waals surface area contributed by atoms with Crippen LogP contribution < -0.4 is 0 Å². The molecule has 5 heteroatoms. The van der Waals surface area contributed by atoms with Crippen molar-refractivity contribution < 1.29 is 4.92 Å². The minimum atomic E-state index is -0.354. The second-order valence-electron chi connectivity index (χ2n) is 2.85. The zero-order valence-corrected chi connectivity index (χ0v) is 8.30. The molecule has 0 bridgehead atoms. The van der Waals surface area contributed by atoms with Crippen LogP contribution in [-0.2, 0) is 6.54 Å². The molecule has 1 rings (SSSR count). The van der Waals surface area contributed by atoms with Gasteiger partial charge in [0, 0.05) is 19.0 Å². The van der Waals surface area contributed by atoms with Crippen LogP contribution in [0, 0.1) is 10.1 Å². The summed E-state index contributed by atoms with van der Waals surface area (Å²) < 4.78 is 1.86. The van der Waals surface area contributed by atoms with Crippen LogP contribution >= 0.6 is 0 Å². The van der Waals surface area contributed by atoms with E-state index in [9.17, 15) is 10.1 Å². The molecule has 0 N–H and O–H groups in total. The Balaban J connectivity index is 2.99.